The zero-order valence-electron chi connectivity index (χ0n) is 16.2. The Hall–Kier alpha value is -2.64. The molecule has 0 bridgehead atoms. The first-order chi connectivity index (χ1) is 13.0. The van der Waals surface area contributed by atoms with Crippen molar-refractivity contribution in [2.75, 3.05) is 18.4 Å². The largest absolute Gasteiger partial charge is 0.360 e. The highest BCUT2D eigenvalue weighted by Crippen LogP contribution is 2.23. The smallest absolute Gasteiger partial charge is 0.292 e. The van der Waals surface area contributed by atoms with Gasteiger partial charge in [-0.1, -0.05) is 19.0 Å². The number of amides is 2. The zero-order chi connectivity index (χ0) is 19.4. The molecular weight excluding hydrogens is 346 g/mol. The highest BCUT2D eigenvalue weighted by molar-refractivity contribution is 6.03. The average molecular weight is 373 g/mol. The third kappa shape index (κ3) is 4.04. The van der Waals surface area contributed by atoms with E-state index in [1.807, 2.05) is 9.47 Å². The Labute approximate surface area is 158 Å². The second kappa shape index (κ2) is 8.37. The first-order valence-electron chi connectivity index (χ1n) is 9.68. The lowest BCUT2D eigenvalue weighted by Gasteiger charge is -2.22. The van der Waals surface area contributed by atoms with E-state index in [2.05, 4.69) is 29.3 Å². The average Bonchev–Trinajstić information content (AvgIpc) is 3.24. The standard InChI is InChI=1S/C19H27N5O3/c1-4-9-23(10-5-2)19(26)16-14-8-6-7-11-24(14)17(21-16)18(25)20-15-12-13(3)27-22-15/h12H,4-11H2,1-3H3,(H,20,22,25). The van der Waals surface area contributed by atoms with E-state index in [9.17, 15) is 9.59 Å². The van der Waals surface area contributed by atoms with Crippen LogP contribution in [0.15, 0.2) is 10.6 Å². The molecule has 2 aromatic heterocycles. The number of aromatic nitrogens is 3. The summed E-state index contributed by atoms with van der Waals surface area (Å²) in [6.45, 7) is 7.94. The predicted octanol–water partition coefficient (Wildman–Crippen LogP) is 3.03. The lowest BCUT2D eigenvalue weighted by atomic mass is 10.1. The van der Waals surface area contributed by atoms with Crippen molar-refractivity contribution in [1.82, 2.24) is 19.6 Å². The van der Waals surface area contributed by atoms with Gasteiger partial charge in [0.25, 0.3) is 11.8 Å². The summed E-state index contributed by atoms with van der Waals surface area (Å²) in [7, 11) is 0. The van der Waals surface area contributed by atoms with E-state index in [1.165, 1.54) is 0 Å². The van der Waals surface area contributed by atoms with Crippen LogP contribution in [-0.4, -0.2) is 44.5 Å². The molecule has 0 unspecified atom stereocenters. The van der Waals surface area contributed by atoms with Gasteiger partial charge in [0, 0.05) is 25.7 Å². The van der Waals surface area contributed by atoms with E-state index < -0.39 is 0 Å². The minimum absolute atomic E-state index is 0.0827. The molecule has 0 saturated heterocycles. The van der Waals surface area contributed by atoms with Gasteiger partial charge in [0.05, 0.1) is 5.69 Å². The van der Waals surface area contributed by atoms with Crippen LogP contribution >= 0.6 is 0 Å². The molecule has 146 valence electrons. The molecule has 1 aliphatic rings. The predicted molar refractivity (Wildman–Crippen MR) is 101 cm³/mol. The fourth-order valence-electron chi connectivity index (χ4n) is 3.49. The van der Waals surface area contributed by atoms with Gasteiger partial charge in [-0.3, -0.25) is 9.59 Å². The highest BCUT2D eigenvalue weighted by Gasteiger charge is 2.29. The van der Waals surface area contributed by atoms with Crippen molar-refractivity contribution in [3.8, 4) is 0 Å². The number of nitrogens with zero attached hydrogens (tertiary/aromatic N) is 4. The van der Waals surface area contributed by atoms with Crippen LogP contribution in [0.5, 0.6) is 0 Å². The summed E-state index contributed by atoms with van der Waals surface area (Å²) in [5.74, 6) is 0.767. The van der Waals surface area contributed by atoms with Crippen LogP contribution in [0.4, 0.5) is 5.82 Å². The van der Waals surface area contributed by atoms with Crippen LogP contribution in [0.1, 0.15) is 72.1 Å². The summed E-state index contributed by atoms with van der Waals surface area (Å²) in [5, 5.41) is 6.50. The Morgan fingerprint density at radius 2 is 2.00 bits per heavy atom. The van der Waals surface area contributed by atoms with E-state index in [0.29, 0.717) is 36.9 Å². The maximum absolute atomic E-state index is 13.1. The minimum Gasteiger partial charge on any atom is -0.360 e. The van der Waals surface area contributed by atoms with Gasteiger partial charge in [-0.25, -0.2) is 4.98 Å². The molecule has 27 heavy (non-hydrogen) atoms. The van der Waals surface area contributed by atoms with E-state index in [0.717, 1.165) is 37.8 Å². The summed E-state index contributed by atoms with van der Waals surface area (Å²) in [5.41, 5.74) is 1.28. The number of carbonyl (C=O) groups is 2. The molecule has 3 rings (SSSR count). The number of hydrogen-bond acceptors (Lipinski definition) is 5. The molecule has 3 heterocycles. The molecule has 0 fully saturated rings. The maximum atomic E-state index is 13.1. The second-order valence-corrected chi connectivity index (χ2v) is 6.91. The molecule has 0 radical (unpaired) electrons. The summed E-state index contributed by atoms with van der Waals surface area (Å²) < 4.78 is 6.87. The van der Waals surface area contributed by atoms with Crippen molar-refractivity contribution >= 4 is 17.6 Å². The summed E-state index contributed by atoms with van der Waals surface area (Å²) >= 11 is 0. The van der Waals surface area contributed by atoms with Gasteiger partial charge in [0.2, 0.25) is 0 Å². The number of rotatable bonds is 7. The molecule has 0 saturated carbocycles. The van der Waals surface area contributed by atoms with Gasteiger partial charge in [-0.05, 0) is 39.0 Å². The number of carbonyl (C=O) groups excluding carboxylic acids is 2. The van der Waals surface area contributed by atoms with Crippen LogP contribution in [0.2, 0.25) is 0 Å². The second-order valence-electron chi connectivity index (χ2n) is 6.91. The van der Waals surface area contributed by atoms with Crippen molar-refractivity contribution in [3.05, 3.63) is 29.0 Å². The lowest BCUT2D eigenvalue weighted by molar-refractivity contribution is 0.0748. The van der Waals surface area contributed by atoms with Crippen molar-refractivity contribution < 1.29 is 14.1 Å². The fourth-order valence-corrected chi connectivity index (χ4v) is 3.49. The van der Waals surface area contributed by atoms with Crippen LogP contribution in [-0.2, 0) is 13.0 Å². The van der Waals surface area contributed by atoms with Gasteiger partial charge in [0.15, 0.2) is 11.6 Å². The lowest BCUT2D eigenvalue weighted by Crippen LogP contribution is -2.33. The van der Waals surface area contributed by atoms with E-state index in [-0.39, 0.29) is 17.6 Å². The summed E-state index contributed by atoms with van der Waals surface area (Å²) in [6, 6.07) is 1.65. The van der Waals surface area contributed by atoms with E-state index in [4.69, 9.17) is 4.52 Å². The molecule has 2 aromatic rings. The Kier molecular flexibility index (Phi) is 5.93. The molecule has 8 nitrogen and oxygen atoms in total. The molecule has 1 N–H and O–H groups in total. The van der Waals surface area contributed by atoms with Gasteiger partial charge < -0.3 is 19.3 Å². The first kappa shape index (κ1) is 19.1. The van der Waals surface area contributed by atoms with Gasteiger partial charge in [0.1, 0.15) is 11.5 Å². The van der Waals surface area contributed by atoms with Crippen LogP contribution in [0.3, 0.4) is 0 Å². The van der Waals surface area contributed by atoms with Crippen molar-refractivity contribution in [2.45, 2.75) is 59.4 Å². The summed E-state index contributed by atoms with van der Waals surface area (Å²) in [6.07, 6.45) is 4.50. The fraction of sp³-hybridized carbons (Fsp3) is 0.579. The molecule has 0 spiro atoms. The van der Waals surface area contributed by atoms with Crippen molar-refractivity contribution in [3.63, 3.8) is 0 Å². The van der Waals surface area contributed by atoms with Gasteiger partial charge in [-0.15, -0.1) is 0 Å². The number of aryl methyl sites for hydroxylation is 1. The van der Waals surface area contributed by atoms with Crippen molar-refractivity contribution in [1.29, 1.82) is 0 Å². The van der Waals surface area contributed by atoms with Gasteiger partial charge in [-0.2, -0.15) is 0 Å². The molecule has 1 aliphatic heterocycles. The summed E-state index contributed by atoms with van der Waals surface area (Å²) in [4.78, 5) is 32.2. The minimum atomic E-state index is -0.372. The van der Waals surface area contributed by atoms with Crippen molar-refractivity contribution in [2.24, 2.45) is 0 Å². The topological polar surface area (TPSA) is 93.3 Å². The molecule has 8 heteroatoms. The number of nitrogens with one attached hydrogen (secondary N) is 1. The Bertz CT molecular complexity index is 817. The maximum Gasteiger partial charge on any atom is 0.292 e. The van der Waals surface area contributed by atoms with Crippen LogP contribution in [0, 0.1) is 6.92 Å². The number of fused-ring (bicyclic) bond motifs is 1. The Morgan fingerprint density at radius 3 is 2.63 bits per heavy atom. The van der Waals surface area contributed by atoms with E-state index >= 15 is 0 Å². The molecule has 0 atom stereocenters. The third-order valence-corrected chi connectivity index (χ3v) is 4.67. The van der Waals surface area contributed by atoms with E-state index in [1.54, 1.807) is 13.0 Å². The Balaban J connectivity index is 1.91. The SMILES string of the molecule is CCCN(CCC)C(=O)c1nc(C(=O)Nc2cc(C)on2)n2c1CCCC2. The quantitative estimate of drug-likeness (QED) is 0.805. The zero-order valence-corrected chi connectivity index (χ0v) is 16.2. The number of anilines is 1. The molecule has 2 amide bonds. The third-order valence-electron chi connectivity index (χ3n) is 4.67. The Morgan fingerprint density at radius 1 is 1.26 bits per heavy atom. The first-order valence-corrected chi connectivity index (χ1v) is 9.68. The number of imidazole rings is 1. The van der Waals surface area contributed by atoms with Crippen LogP contribution < -0.4 is 5.32 Å². The normalized spacial score (nSPS) is 13.3. The highest BCUT2D eigenvalue weighted by atomic mass is 16.5. The van der Waals surface area contributed by atoms with Gasteiger partial charge >= 0.3 is 0 Å². The van der Waals surface area contributed by atoms with Crippen LogP contribution in [0.25, 0.3) is 0 Å². The number of hydrogen-bond donors (Lipinski definition) is 1. The molecule has 0 aromatic carbocycles. The molecular formula is C19H27N5O3. The molecule has 0 aliphatic carbocycles. The monoisotopic (exact) mass is 373 g/mol.